The van der Waals surface area contributed by atoms with E-state index in [1.165, 1.54) is 37.1 Å². The average molecular weight is 556 g/mol. The lowest BCUT2D eigenvalue weighted by atomic mass is 10.1. The molecule has 12 heteroatoms. The molecule has 210 valence electrons. The molecule has 39 heavy (non-hydrogen) atoms. The lowest BCUT2D eigenvalue weighted by molar-refractivity contribution is 0.0990. The second-order valence-electron chi connectivity index (χ2n) is 10.2. The molecular formula is C27H37N5O6Si. The SMILES string of the molecule is COc1cc2c(cc1Oc1ccc(C(=O)Nc3c(OC)nc(NCCCN(C)C)nc3OC)o1)[Si](C)(C)CC2. The Balaban J connectivity index is 1.49. The third kappa shape index (κ3) is 6.45. The van der Waals surface area contributed by atoms with Crippen molar-refractivity contribution in [1.82, 2.24) is 14.9 Å². The van der Waals surface area contributed by atoms with Crippen LogP contribution in [0.3, 0.4) is 0 Å². The number of nitrogens with one attached hydrogen (secondary N) is 2. The fourth-order valence-electron chi connectivity index (χ4n) is 4.54. The van der Waals surface area contributed by atoms with Crippen molar-refractivity contribution in [2.75, 3.05) is 59.1 Å². The molecule has 0 atom stereocenters. The number of carbonyl (C=O) groups excluding carboxylic acids is 1. The largest absolute Gasteiger partial charge is 0.493 e. The van der Waals surface area contributed by atoms with E-state index in [2.05, 4.69) is 44.7 Å². The highest BCUT2D eigenvalue weighted by atomic mass is 28.3. The Morgan fingerprint density at radius 1 is 1.05 bits per heavy atom. The van der Waals surface area contributed by atoms with Gasteiger partial charge >= 0.3 is 0 Å². The quantitative estimate of drug-likeness (QED) is 0.251. The second kappa shape index (κ2) is 12.0. The van der Waals surface area contributed by atoms with Crippen molar-refractivity contribution in [3.05, 3.63) is 35.6 Å². The molecule has 1 aromatic carbocycles. The number of nitrogens with zero attached hydrogens (tertiary/aromatic N) is 3. The predicted molar refractivity (Wildman–Crippen MR) is 152 cm³/mol. The monoisotopic (exact) mass is 555 g/mol. The van der Waals surface area contributed by atoms with Crippen LogP contribution < -0.4 is 34.8 Å². The summed E-state index contributed by atoms with van der Waals surface area (Å²) in [6.45, 7) is 6.29. The highest BCUT2D eigenvalue weighted by Gasteiger charge is 2.33. The van der Waals surface area contributed by atoms with E-state index in [1.54, 1.807) is 13.2 Å². The number of hydrogen-bond donors (Lipinski definition) is 2. The van der Waals surface area contributed by atoms with E-state index < -0.39 is 14.0 Å². The Morgan fingerprint density at radius 2 is 1.77 bits per heavy atom. The lowest BCUT2D eigenvalue weighted by Gasteiger charge is -2.18. The molecule has 0 saturated carbocycles. The summed E-state index contributed by atoms with van der Waals surface area (Å²) >= 11 is 0. The van der Waals surface area contributed by atoms with Gasteiger partial charge in [-0.05, 0) is 63.3 Å². The van der Waals surface area contributed by atoms with Crippen molar-refractivity contribution < 1.29 is 28.2 Å². The molecule has 0 fully saturated rings. The van der Waals surface area contributed by atoms with Gasteiger partial charge in [0.2, 0.25) is 17.7 Å². The van der Waals surface area contributed by atoms with Crippen LogP contribution in [0, 0.1) is 0 Å². The Kier molecular flexibility index (Phi) is 8.65. The fraction of sp³-hybridized carbons (Fsp3) is 0.444. The third-order valence-electron chi connectivity index (χ3n) is 6.69. The van der Waals surface area contributed by atoms with Gasteiger partial charge in [0.25, 0.3) is 11.9 Å². The van der Waals surface area contributed by atoms with E-state index in [0.717, 1.165) is 19.4 Å². The smallest absolute Gasteiger partial charge is 0.291 e. The Morgan fingerprint density at radius 3 is 2.41 bits per heavy atom. The van der Waals surface area contributed by atoms with Crippen molar-refractivity contribution in [3.63, 3.8) is 0 Å². The maximum atomic E-state index is 13.1. The first kappa shape index (κ1) is 28.2. The first-order chi connectivity index (χ1) is 18.6. The Labute approximate surface area is 229 Å². The lowest BCUT2D eigenvalue weighted by Crippen LogP contribution is -2.37. The van der Waals surface area contributed by atoms with Crippen LogP contribution in [0.4, 0.5) is 11.6 Å². The zero-order valence-corrected chi connectivity index (χ0v) is 24.6. The molecule has 0 spiro atoms. The summed E-state index contributed by atoms with van der Waals surface area (Å²) in [6.07, 6.45) is 1.96. The minimum Gasteiger partial charge on any atom is -0.493 e. The number of fused-ring (bicyclic) bond motifs is 1. The second-order valence-corrected chi connectivity index (χ2v) is 15.0. The zero-order valence-electron chi connectivity index (χ0n) is 23.6. The number of aromatic nitrogens is 2. The standard InChI is InChI=1S/C27H37N5O6Si/c1-32(2)13-8-12-28-27-30-25(35-4)23(26(31-27)36-5)29-24(33)18-9-10-22(37-18)38-20-16-21-17(15-19(20)34-3)11-14-39(21,6)7/h9-10,15-16H,8,11-14H2,1-7H3,(H,29,33)(H,28,30,31). The van der Waals surface area contributed by atoms with E-state index in [1.807, 2.05) is 20.2 Å². The van der Waals surface area contributed by atoms with Gasteiger partial charge in [-0.1, -0.05) is 18.3 Å². The van der Waals surface area contributed by atoms with Gasteiger partial charge in [0.15, 0.2) is 22.9 Å². The van der Waals surface area contributed by atoms with Gasteiger partial charge in [0, 0.05) is 12.6 Å². The van der Waals surface area contributed by atoms with E-state index in [4.69, 9.17) is 23.4 Å². The van der Waals surface area contributed by atoms with Gasteiger partial charge in [0.05, 0.1) is 29.4 Å². The molecule has 4 rings (SSSR count). The van der Waals surface area contributed by atoms with Gasteiger partial charge in [-0.2, -0.15) is 9.97 Å². The van der Waals surface area contributed by atoms with E-state index in [9.17, 15) is 4.79 Å². The van der Waals surface area contributed by atoms with Gasteiger partial charge in [0.1, 0.15) is 0 Å². The van der Waals surface area contributed by atoms with Gasteiger partial charge < -0.3 is 38.9 Å². The van der Waals surface area contributed by atoms with Crippen molar-refractivity contribution in [1.29, 1.82) is 0 Å². The highest BCUT2D eigenvalue weighted by molar-refractivity contribution is 6.91. The summed E-state index contributed by atoms with van der Waals surface area (Å²) in [5.41, 5.74) is 1.51. The molecule has 2 aromatic heterocycles. The number of furan rings is 1. The Hall–Kier alpha value is -3.77. The van der Waals surface area contributed by atoms with Crippen LogP contribution in [-0.2, 0) is 6.42 Å². The Bertz CT molecular complexity index is 1300. The fourth-order valence-corrected chi connectivity index (χ4v) is 7.29. The first-order valence-electron chi connectivity index (χ1n) is 12.8. The molecule has 0 radical (unpaired) electrons. The number of hydrogen-bond acceptors (Lipinski definition) is 10. The summed E-state index contributed by atoms with van der Waals surface area (Å²) in [5, 5.41) is 7.25. The average Bonchev–Trinajstić information content (AvgIpc) is 3.50. The number of methoxy groups -OCH3 is 3. The van der Waals surface area contributed by atoms with Crippen molar-refractivity contribution in [2.24, 2.45) is 0 Å². The first-order valence-corrected chi connectivity index (χ1v) is 16.0. The minimum atomic E-state index is -1.51. The zero-order chi connectivity index (χ0) is 28.2. The number of rotatable bonds is 12. The van der Waals surface area contributed by atoms with Crippen molar-refractivity contribution in [3.8, 4) is 29.2 Å². The predicted octanol–water partition coefficient (Wildman–Crippen LogP) is 3.98. The minimum absolute atomic E-state index is 0.0369. The summed E-state index contributed by atoms with van der Waals surface area (Å²) < 4.78 is 28.2. The van der Waals surface area contributed by atoms with Crippen LogP contribution in [0.5, 0.6) is 29.2 Å². The van der Waals surface area contributed by atoms with Crippen molar-refractivity contribution >= 4 is 30.8 Å². The summed E-state index contributed by atoms with van der Waals surface area (Å²) in [7, 11) is 7.05. The summed E-state index contributed by atoms with van der Waals surface area (Å²) in [5.74, 6) is 1.51. The van der Waals surface area contributed by atoms with E-state index in [-0.39, 0.29) is 29.2 Å². The maximum Gasteiger partial charge on any atom is 0.291 e. The number of benzene rings is 1. The van der Waals surface area contributed by atoms with Crippen LogP contribution in [0.2, 0.25) is 19.1 Å². The summed E-state index contributed by atoms with van der Waals surface area (Å²) in [4.78, 5) is 23.9. The van der Waals surface area contributed by atoms with Gasteiger partial charge in [-0.15, -0.1) is 0 Å². The maximum absolute atomic E-state index is 13.1. The number of amides is 1. The highest BCUT2D eigenvalue weighted by Crippen LogP contribution is 2.37. The van der Waals surface area contributed by atoms with Gasteiger partial charge in [-0.25, -0.2) is 0 Å². The molecule has 0 bridgehead atoms. The van der Waals surface area contributed by atoms with Crippen molar-refractivity contribution in [2.45, 2.75) is 32.0 Å². The molecule has 3 heterocycles. The molecule has 1 aliphatic rings. The van der Waals surface area contributed by atoms with Crippen LogP contribution in [0.25, 0.3) is 0 Å². The van der Waals surface area contributed by atoms with E-state index in [0.29, 0.717) is 24.0 Å². The van der Waals surface area contributed by atoms with E-state index >= 15 is 0 Å². The normalized spacial score (nSPS) is 13.6. The van der Waals surface area contributed by atoms with Crippen LogP contribution in [0.15, 0.2) is 28.7 Å². The molecule has 1 amide bonds. The molecule has 0 aliphatic carbocycles. The topological polar surface area (TPSA) is 120 Å². The number of carbonyl (C=O) groups is 1. The molecular weight excluding hydrogens is 518 g/mol. The summed E-state index contributed by atoms with van der Waals surface area (Å²) in [6, 6.07) is 8.42. The van der Waals surface area contributed by atoms with Crippen LogP contribution >= 0.6 is 0 Å². The van der Waals surface area contributed by atoms with Crippen LogP contribution in [0.1, 0.15) is 22.5 Å². The number of ether oxygens (including phenoxy) is 4. The molecule has 2 N–H and O–H groups in total. The number of anilines is 2. The molecule has 11 nitrogen and oxygen atoms in total. The molecule has 1 aliphatic heterocycles. The van der Waals surface area contributed by atoms with Gasteiger partial charge in [-0.3, -0.25) is 4.79 Å². The molecule has 0 saturated heterocycles. The van der Waals surface area contributed by atoms with Crippen LogP contribution in [-0.4, -0.2) is 77.4 Å². The molecule has 0 unspecified atom stereocenters. The molecule has 3 aromatic rings. The third-order valence-corrected chi connectivity index (χ3v) is 10.1. The number of aryl methyl sites for hydroxylation is 1.